The lowest BCUT2D eigenvalue weighted by atomic mass is 10.1. The number of carbonyl (C=O) groups is 3. The van der Waals surface area contributed by atoms with E-state index in [-0.39, 0.29) is 33.2 Å². The molecule has 0 saturated heterocycles. The molecule has 0 fully saturated rings. The Labute approximate surface area is 288 Å². The van der Waals surface area contributed by atoms with Gasteiger partial charge in [-0.15, -0.1) is 11.8 Å². The van der Waals surface area contributed by atoms with Gasteiger partial charge in [-0.2, -0.15) is 13.2 Å². The van der Waals surface area contributed by atoms with Crippen molar-refractivity contribution < 1.29 is 31.9 Å². The topological polar surface area (TPSA) is 87.3 Å². The van der Waals surface area contributed by atoms with Gasteiger partial charge in [-0.25, -0.2) is 4.39 Å². The molecule has 0 aliphatic carbocycles. The Balaban J connectivity index is 1.41. The minimum absolute atomic E-state index is 0.0146. The van der Waals surface area contributed by atoms with Gasteiger partial charge in [0.15, 0.2) is 0 Å². The van der Waals surface area contributed by atoms with Gasteiger partial charge >= 0.3 is 6.18 Å². The molecule has 12 heteroatoms. The van der Waals surface area contributed by atoms with Crippen molar-refractivity contribution in [3.05, 3.63) is 166 Å². The Morgan fingerprint density at radius 2 is 1.41 bits per heavy atom. The van der Waals surface area contributed by atoms with Gasteiger partial charge in [0.2, 0.25) is 5.91 Å². The van der Waals surface area contributed by atoms with Crippen LogP contribution in [0.1, 0.15) is 32.3 Å². The third kappa shape index (κ3) is 9.16. The number of hydrogen-bond acceptors (Lipinski definition) is 4. The van der Waals surface area contributed by atoms with Crippen molar-refractivity contribution in [2.45, 2.75) is 16.3 Å². The number of nitrogens with one attached hydrogen (secondary N) is 3. The van der Waals surface area contributed by atoms with E-state index in [2.05, 4.69) is 16.0 Å². The number of benzene rings is 5. The lowest BCUT2D eigenvalue weighted by Crippen LogP contribution is -2.30. The van der Waals surface area contributed by atoms with Gasteiger partial charge in [-0.1, -0.05) is 84.4 Å². The standard InChI is InChI=1S/C37H26ClF4N3O3S/c38-29-18-10-19-30(39)27(29)22-32(45-34(46)24-13-5-2-6-14-24)35(47)43-25-15-9-16-26(21-25)49-33(23-11-3-1-4-12-23)36(48)44-31-20-8-7-17-28(31)37(40,41)42/h1-22,33H,(H,43,47)(H,44,48)(H,45,46)/b32-22+. The van der Waals surface area contributed by atoms with Crippen LogP contribution in [0.2, 0.25) is 5.02 Å². The van der Waals surface area contributed by atoms with Gasteiger partial charge in [0, 0.05) is 21.7 Å². The van der Waals surface area contributed by atoms with Crippen LogP contribution in [0.3, 0.4) is 0 Å². The first-order valence-corrected chi connectivity index (χ1v) is 15.9. The molecule has 49 heavy (non-hydrogen) atoms. The molecule has 0 radical (unpaired) electrons. The first-order valence-electron chi connectivity index (χ1n) is 14.6. The molecule has 1 unspecified atom stereocenters. The maximum Gasteiger partial charge on any atom is 0.418 e. The molecule has 0 aromatic heterocycles. The zero-order chi connectivity index (χ0) is 35.0. The van der Waals surface area contributed by atoms with E-state index in [0.717, 1.165) is 30.0 Å². The average molecular weight is 704 g/mol. The number of anilines is 2. The van der Waals surface area contributed by atoms with Crippen LogP contribution in [0.4, 0.5) is 28.9 Å². The van der Waals surface area contributed by atoms with Crippen LogP contribution >= 0.6 is 23.4 Å². The van der Waals surface area contributed by atoms with Crippen LogP contribution in [0, 0.1) is 5.82 Å². The fourth-order valence-electron chi connectivity index (χ4n) is 4.66. The fourth-order valence-corrected chi connectivity index (χ4v) is 5.96. The molecular formula is C37H26ClF4N3O3S. The van der Waals surface area contributed by atoms with Crippen molar-refractivity contribution in [3.63, 3.8) is 0 Å². The molecule has 0 heterocycles. The molecule has 5 aromatic carbocycles. The zero-order valence-corrected chi connectivity index (χ0v) is 26.9. The fraction of sp³-hybridized carbons (Fsp3) is 0.0541. The molecule has 6 nitrogen and oxygen atoms in total. The molecule has 0 spiro atoms. The van der Waals surface area contributed by atoms with Crippen LogP contribution in [0.25, 0.3) is 6.08 Å². The molecule has 0 bridgehead atoms. The van der Waals surface area contributed by atoms with Gasteiger partial charge in [0.1, 0.15) is 16.8 Å². The van der Waals surface area contributed by atoms with Crippen LogP contribution in [0.15, 0.2) is 138 Å². The predicted molar refractivity (Wildman–Crippen MR) is 183 cm³/mol. The maximum atomic E-state index is 14.7. The van der Waals surface area contributed by atoms with Crippen LogP contribution in [-0.4, -0.2) is 17.7 Å². The van der Waals surface area contributed by atoms with E-state index >= 15 is 0 Å². The van der Waals surface area contributed by atoms with E-state index in [0.29, 0.717) is 10.5 Å². The number of alkyl halides is 3. The van der Waals surface area contributed by atoms with Gasteiger partial charge in [-0.05, 0) is 66.2 Å². The van der Waals surface area contributed by atoms with E-state index in [4.69, 9.17) is 11.6 Å². The summed E-state index contributed by atoms with van der Waals surface area (Å²) in [6.45, 7) is 0. The van der Waals surface area contributed by atoms with Gasteiger partial charge in [0.25, 0.3) is 11.8 Å². The predicted octanol–water partition coefficient (Wildman–Crippen LogP) is 9.38. The summed E-state index contributed by atoms with van der Waals surface area (Å²) < 4.78 is 55.6. The van der Waals surface area contributed by atoms with Crippen LogP contribution in [-0.2, 0) is 15.8 Å². The molecule has 3 amide bonds. The van der Waals surface area contributed by atoms with Crippen molar-refractivity contribution in [2.75, 3.05) is 10.6 Å². The SMILES string of the molecule is O=C(Nc1cccc(SC(C(=O)Nc2ccccc2C(F)(F)F)c2ccccc2)c1)/C(=C\c1c(F)cccc1Cl)NC(=O)c1ccccc1. The third-order valence-corrected chi connectivity index (χ3v) is 8.57. The van der Waals surface area contributed by atoms with Gasteiger partial charge in [0.05, 0.1) is 16.3 Å². The molecule has 3 N–H and O–H groups in total. The molecule has 5 aromatic rings. The largest absolute Gasteiger partial charge is 0.418 e. The maximum absolute atomic E-state index is 14.7. The van der Waals surface area contributed by atoms with Crippen molar-refractivity contribution in [1.29, 1.82) is 0 Å². The summed E-state index contributed by atoms with van der Waals surface area (Å²) in [7, 11) is 0. The van der Waals surface area contributed by atoms with Crippen LogP contribution in [0.5, 0.6) is 0 Å². The third-order valence-electron chi connectivity index (χ3n) is 6.99. The lowest BCUT2D eigenvalue weighted by Gasteiger charge is -2.19. The van der Waals surface area contributed by atoms with Crippen molar-refractivity contribution in [3.8, 4) is 0 Å². The first-order chi connectivity index (χ1) is 23.5. The monoisotopic (exact) mass is 703 g/mol. The second-order valence-electron chi connectivity index (χ2n) is 10.4. The van der Waals surface area contributed by atoms with E-state index in [1.54, 1.807) is 84.9 Å². The second kappa shape index (κ2) is 15.7. The molecule has 0 aliphatic rings. The van der Waals surface area contributed by atoms with Gasteiger partial charge in [-0.3, -0.25) is 14.4 Å². The van der Waals surface area contributed by atoms with E-state index in [9.17, 15) is 31.9 Å². The Kier molecular flexibility index (Phi) is 11.2. The molecular weight excluding hydrogens is 678 g/mol. The van der Waals surface area contributed by atoms with Crippen molar-refractivity contribution in [2.24, 2.45) is 0 Å². The zero-order valence-electron chi connectivity index (χ0n) is 25.3. The van der Waals surface area contributed by atoms with Crippen molar-refractivity contribution >= 4 is 58.5 Å². The Bertz CT molecular complexity index is 1990. The van der Waals surface area contributed by atoms with Crippen LogP contribution < -0.4 is 16.0 Å². The number of thioether (sulfide) groups is 1. The quantitative estimate of drug-likeness (QED) is 0.0769. The molecule has 5 rings (SSSR count). The Morgan fingerprint density at radius 1 is 0.755 bits per heavy atom. The molecule has 248 valence electrons. The van der Waals surface area contributed by atoms with E-state index < -0.39 is 40.5 Å². The summed E-state index contributed by atoms with van der Waals surface area (Å²) in [6, 6.07) is 31.7. The second-order valence-corrected chi connectivity index (χ2v) is 12.0. The summed E-state index contributed by atoms with van der Waals surface area (Å²) in [5, 5.41) is 6.65. The minimum Gasteiger partial charge on any atom is -0.324 e. The highest BCUT2D eigenvalue weighted by Gasteiger charge is 2.34. The number of rotatable bonds is 10. The summed E-state index contributed by atoms with van der Waals surface area (Å²) >= 11 is 7.25. The highest BCUT2D eigenvalue weighted by Crippen LogP contribution is 2.39. The molecule has 0 aliphatic heterocycles. The normalized spacial score (nSPS) is 12.1. The van der Waals surface area contributed by atoms with Crippen molar-refractivity contribution in [1.82, 2.24) is 5.32 Å². The highest BCUT2D eigenvalue weighted by atomic mass is 35.5. The Morgan fingerprint density at radius 3 is 2.10 bits per heavy atom. The minimum atomic E-state index is -4.68. The number of carbonyl (C=O) groups excluding carboxylic acids is 3. The molecule has 0 saturated carbocycles. The average Bonchev–Trinajstić information content (AvgIpc) is 3.09. The number of hydrogen-bond donors (Lipinski definition) is 3. The molecule has 1 atom stereocenters. The van der Waals surface area contributed by atoms with E-state index in [1.807, 2.05) is 0 Å². The lowest BCUT2D eigenvalue weighted by molar-refractivity contribution is -0.137. The van der Waals surface area contributed by atoms with E-state index in [1.165, 1.54) is 30.3 Å². The number of para-hydroxylation sites is 1. The Hall–Kier alpha value is -5.39. The number of amides is 3. The first kappa shape index (κ1) is 34.9. The smallest absolute Gasteiger partial charge is 0.324 e. The summed E-state index contributed by atoms with van der Waals surface area (Å²) in [5.74, 6) is -2.83. The summed E-state index contributed by atoms with van der Waals surface area (Å²) in [4.78, 5) is 40.6. The van der Waals surface area contributed by atoms with Gasteiger partial charge < -0.3 is 16.0 Å². The summed E-state index contributed by atoms with van der Waals surface area (Å²) in [5.41, 5.74) is -0.746. The number of halogens is 5. The highest BCUT2D eigenvalue weighted by molar-refractivity contribution is 8.00. The summed E-state index contributed by atoms with van der Waals surface area (Å²) in [6.07, 6.45) is -3.56.